The molecule has 0 spiro atoms. The van der Waals surface area contributed by atoms with Crippen molar-refractivity contribution in [3.63, 3.8) is 0 Å². The van der Waals surface area contributed by atoms with Gasteiger partial charge in [-0.15, -0.1) is 0 Å². The van der Waals surface area contributed by atoms with Crippen LogP contribution in [0, 0.1) is 5.92 Å². The van der Waals surface area contributed by atoms with Crippen LogP contribution in [0.4, 0.5) is 5.82 Å². The molecule has 0 saturated carbocycles. The van der Waals surface area contributed by atoms with Crippen molar-refractivity contribution in [2.24, 2.45) is 5.92 Å². The Hall–Kier alpha value is -1.62. The molecular weight excluding hydrogens is 252 g/mol. The van der Waals surface area contributed by atoms with E-state index in [1.54, 1.807) is 0 Å². The average molecular weight is 274 g/mol. The molecule has 0 fully saturated rings. The molecule has 3 rings (SSSR count). The highest BCUT2D eigenvalue weighted by Crippen LogP contribution is 2.35. The number of aromatic amines is 1. The van der Waals surface area contributed by atoms with Crippen molar-refractivity contribution in [1.82, 2.24) is 15.2 Å². The molecule has 0 aliphatic carbocycles. The van der Waals surface area contributed by atoms with Gasteiger partial charge in [-0.1, -0.05) is 13.8 Å². The summed E-state index contributed by atoms with van der Waals surface area (Å²) in [6.45, 7) is 9.15. The number of nitrogen functional groups attached to an aromatic ring is 1. The van der Waals surface area contributed by atoms with Gasteiger partial charge in [0.1, 0.15) is 5.82 Å². The Kier molecular flexibility index (Phi) is 2.97. The summed E-state index contributed by atoms with van der Waals surface area (Å²) in [5.41, 5.74) is 10.1. The number of hydrogen-bond donors (Lipinski definition) is 2. The number of ether oxygens (including phenoxy) is 1. The third-order valence-electron chi connectivity index (χ3n) is 3.85. The minimum absolute atomic E-state index is 0.182. The second kappa shape index (κ2) is 4.45. The molecule has 0 bridgehead atoms. The van der Waals surface area contributed by atoms with Gasteiger partial charge in [0.25, 0.3) is 0 Å². The molecule has 2 aromatic heterocycles. The number of nitrogens with two attached hydrogens (primary N) is 1. The lowest BCUT2D eigenvalue weighted by Crippen LogP contribution is -2.32. The predicted octanol–water partition coefficient (Wildman–Crippen LogP) is 2.59. The van der Waals surface area contributed by atoms with Crippen molar-refractivity contribution in [3.8, 4) is 0 Å². The molecule has 0 aromatic carbocycles. The topological polar surface area (TPSA) is 76.8 Å². The highest BCUT2D eigenvalue weighted by molar-refractivity contribution is 5.85. The monoisotopic (exact) mass is 274 g/mol. The van der Waals surface area contributed by atoms with Gasteiger partial charge in [-0.05, 0) is 31.7 Å². The minimum atomic E-state index is -0.182. The van der Waals surface area contributed by atoms with Crippen LogP contribution in [-0.2, 0) is 24.2 Å². The molecule has 0 saturated heterocycles. The van der Waals surface area contributed by atoms with Crippen LogP contribution in [0.25, 0.3) is 11.0 Å². The number of nitrogens with one attached hydrogen (secondary N) is 1. The van der Waals surface area contributed by atoms with Gasteiger partial charge < -0.3 is 10.5 Å². The molecule has 3 heterocycles. The zero-order valence-corrected chi connectivity index (χ0v) is 12.6. The normalized spacial score (nSPS) is 17.6. The maximum Gasteiger partial charge on any atom is 0.183 e. The van der Waals surface area contributed by atoms with E-state index in [9.17, 15) is 0 Å². The van der Waals surface area contributed by atoms with Crippen molar-refractivity contribution in [3.05, 3.63) is 16.8 Å². The first-order valence-corrected chi connectivity index (χ1v) is 7.15. The summed E-state index contributed by atoms with van der Waals surface area (Å²) < 4.78 is 5.96. The number of nitrogens with zero attached hydrogens (tertiary/aromatic N) is 2. The summed E-state index contributed by atoms with van der Waals surface area (Å²) in [5, 5.41) is 8.53. The SMILES string of the molecule is CC(C)Cc1[nH]nc2nc(N)c3c(c12)COC(C)(C)C3. The van der Waals surface area contributed by atoms with Gasteiger partial charge in [-0.3, -0.25) is 5.10 Å². The molecule has 108 valence electrons. The van der Waals surface area contributed by atoms with E-state index in [-0.39, 0.29) is 5.60 Å². The number of anilines is 1. The highest BCUT2D eigenvalue weighted by Gasteiger charge is 2.30. The number of H-pyrrole nitrogens is 1. The number of fused-ring (bicyclic) bond motifs is 3. The zero-order chi connectivity index (χ0) is 14.5. The second-order valence-corrected chi connectivity index (χ2v) is 6.68. The molecule has 5 nitrogen and oxygen atoms in total. The Morgan fingerprint density at radius 1 is 1.35 bits per heavy atom. The maximum atomic E-state index is 6.12. The molecule has 0 atom stereocenters. The largest absolute Gasteiger partial charge is 0.383 e. The third kappa shape index (κ3) is 2.16. The van der Waals surface area contributed by atoms with Gasteiger partial charge in [0, 0.05) is 23.1 Å². The Morgan fingerprint density at radius 2 is 2.10 bits per heavy atom. The van der Waals surface area contributed by atoms with Gasteiger partial charge in [-0.2, -0.15) is 5.10 Å². The molecule has 3 N–H and O–H groups in total. The van der Waals surface area contributed by atoms with E-state index in [1.165, 1.54) is 0 Å². The Labute approximate surface area is 118 Å². The molecule has 0 amide bonds. The van der Waals surface area contributed by atoms with Crippen LogP contribution in [-0.4, -0.2) is 20.8 Å². The molecule has 1 aliphatic heterocycles. The summed E-state index contributed by atoms with van der Waals surface area (Å²) in [7, 11) is 0. The van der Waals surface area contributed by atoms with Crippen LogP contribution in [0.3, 0.4) is 0 Å². The highest BCUT2D eigenvalue weighted by atomic mass is 16.5. The van der Waals surface area contributed by atoms with Crippen LogP contribution in [0.2, 0.25) is 0 Å². The minimum Gasteiger partial charge on any atom is -0.383 e. The Morgan fingerprint density at radius 3 is 2.80 bits per heavy atom. The molecule has 5 heteroatoms. The standard InChI is InChI=1S/C15H22N4O/c1-8(2)5-11-12-10-7-20-15(3,4)6-9(10)13(16)17-14(12)19-18-11/h8H,5-7H2,1-4H3,(H3,16,17,18,19). The van der Waals surface area contributed by atoms with E-state index in [1.807, 2.05) is 0 Å². The van der Waals surface area contributed by atoms with E-state index < -0.39 is 0 Å². The molecular formula is C15H22N4O. The third-order valence-corrected chi connectivity index (χ3v) is 3.85. The van der Waals surface area contributed by atoms with Crippen LogP contribution in [0.15, 0.2) is 0 Å². The van der Waals surface area contributed by atoms with E-state index >= 15 is 0 Å². The maximum absolute atomic E-state index is 6.12. The second-order valence-electron chi connectivity index (χ2n) is 6.68. The Bertz CT molecular complexity index is 657. The zero-order valence-electron chi connectivity index (χ0n) is 12.6. The molecule has 0 unspecified atom stereocenters. The molecule has 2 aromatic rings. The quantitative estimate of drug-likeness (QED) is 0.882. The van der Waals surface area contributed by atoms with Crippen LogP contribution >= 0.6 is 0 Å². The fourth-order valence-electron chi connectivity index (χ4n) is 2.91. The van der Waals surface area contributed by atoms with E-state index in [0.717, 1.165) is 35.0 Å². The van der Waals surface area contributed by atoms with Crippen LogP contribution in [0.5, 0.6) is 0 Å². The van der Waals surface area contributed by atoms with Gasteiger partial charge >= 0.3 is 0 Å². The number of aromatic nitrogens is 3. The van der Waals surface area contributed by atoms with Crippen LogP contribution in [0.1, 0.15) is 44.5 Å². The van der Waals surface area contributed by atoms with Gasteiger partial charge in [0.05, 0.1) is 12.2 Å². The van der Waals surface area contributed by atoms with Crippen molar-refractivity contribution < 1.29 is 4.74 Å². The summed E-state index contributed by atoms with van der Waals surface area (Å²) in [6, 6.07) is 0. The summed E-state index contributed by atoms with van der Waals surface area (Å²) in [5.74, 6) is 1.15. The van der Waals surface area contributed by atoms with E-state index in [0.29, 0.717) is 24.0 Å². The fourth-order valence-corrected chi connectivity index (χ4v) is 2.91. The summed E-state index contributed by atoms with van der Waals surface area (Å²) in [6.07, 6.45) is 1.75. The average Bonchev–Trinajstić information content (AvgIpc) is 2.71. The lowest BCUT2D eigenvalue weighted by molar-refractivity contribution is -0.0393. The van der Waals surface area contributed by atoms with Crippen molar-refractivity contribution in [2.75, 3.05) is 5.73 Å². The van der Waals surface area contributed by atoms with Crippen molar-refractivity contribution in [2.45, 2.75) is 52.7 Å². The van der Waals surface area contributed by atoms with Gasteiger partial charge in [-0.25, -0.2) is 4.98 Å². The van der Waals surface area contributed by atoms with E-state index in [2.05, 4.69) is 42.9 Å². The van der Waals surface area contributed by atoms with E-state index in [4.69, 9.17) is 10.5 Å². The molecule has 0 radical (unpaired) electrons. The summed E-state index contributed by atoms with van der Waals surface area (Å²) in [4.78, 5) is 4.46. The van der Waals surface area contributed by atoms with Gasteiger partial charge in [0.15, 0.2) is 5.65 Å². The van der Waals surface area contributed by atoms with Crippen LogP contribution < -0.4 is 5.73 Å². The molecule has 1 aliphatic rings. The first-order chi connectivity index (χ1) is 9.37. The number of pyridine rings is 1. The predicted molar refractivity (Wildman–Crippen MR) is 79.4 cm³/mol. The first kappa shape index (κ1) is 13.4. The van der Waals surface area contributed by atoms with Crippen molar-refractivity contribution >= 4 is 16.9 Å². The Balaban J connectivity index is 2.20. The molecule has 20 heavy (non-hydrogen) atoms. The first-order valence-electron chi connectivity index (χ1n) is 7.15. The van der Waals surface area contributed by atoms with Crippen molar-refractivity contribution in [1.29, 1.82) is 0 Å². The smallest absolute Gasteiger partial charge is 0.183 e. The number of hydrogen-bond acceptors (Lipinski definition) is 4. The summed E-state index contributed by atoms with van der Waals surface area (Å²) >= 11 is 0. The fraction of sp³-hybridized carbons (Fsp3) is 0.600. The van der Waals surface area contributed by atoms with Gasteiger partial charge in [0.2, 0.25) is 0 Å². The lowest BCUT2D eigenvalue weighted by Gasteiger charge is -2.32. The lowest BCUT2D eigenvalue weighted by atomic mass is 9.90. The number of rotatable bonds is 2.